The van der Waals surface area contributed by atoms with Gasteiger partial charge in [-0.15, -0.1) is 0 Å². The van der Waals surface area contributed by atoms with E-state index in [1.54, 1.807) is 36.1 Å². The summed E-state index contributed by atoms with van der Waals surface area (Å²) in [5.41, 5.74) is 0.476. The molecule has 0 saturated carbocycles. The fourth-order valence-electron chi connectivity index (χ4n) is 1.69. The number of aromatic nitrogens is 2. The van der Waals surface area contributed by atoms with Gasteiger partial charge in [-0.2, -0.15) is 0 Å². The van der Waals surface area contributed by atoms with Crippen LogP contribution in [0.25, 0.3) is 0 Å². The molecule has 3 nitrogen and oxygen atoms in total. The van der Waals surface area contributed by atoms with Crippen molar-refractivity contribution in [2.24, 2.45) is 7.05 Å². The Kier molecular flexibility index (Phi) is 3.59. The molecular weight excluding hydrogens is 287 g/mol. The molecule has 17 heavy (non-hydrogen) atoms. The van der Waals surface area contributed by atoms with Crippen LogP contribution >= 0.6 is 15.9 Å². The molecule has 0 fully saturated rings. The molecule has 1 N–H and O–H groups in total. The van der Waals surface area contributed by atoms with Crippen LogP contribution in [0.1, 0.15) is 17.5 Å². The number of rotatable bonds is 3. The number of hydrogen-bond acceptors (Lipinski definition) is 2. The minimum Gasteiger partial charge on any atom is -0.385 e. The molecule has 1 heterocycles. The van der Waals surface area contributed by atoms with Crippen molar-refractivity contribution in [3.63, 3.8) is 0 Å². The van der Waals surface area contributed by atoms with Gasteiger partial charge < -0.3 is 9.67 Å². The van der Waals surface area contributed by atoms with E-state index in [1.807, 2.05) is 0 Å². The summed E-state index contributed by atoms with van der Waals surface area (Å²) in [4.78, 5) is 4.04. The number of halogens is 2. The van der Waals surface area contributed by atoms with Gasteiger partial charge >= 0.3 is 0 Å². The van der Waals surface area contributed by atoms with E-state index in [0.29, 0.717) is 15.9 Å². The number of benzene rings is 1. The Morgan fingerprint density at radius 3 is 2.88 bits per heavy atom. The predicted octanol–water partition coefficient (Wildman–Crippen LogP) is 2.60. The van der Waals surface area contributed by atoms with Crippen molar-refractivity contribution in [2.75, 3.05) is 0 Å². The number of aliphatic hydroxyl groups is 1. The van der Waals surface area contributed by atoms with Gasteiger partial charge in [0.2, 0.25) is 0 Å². The summed E-state index contributed by atoms with van der Waals surface area (Å²) in [5.74, 6) is 0.208. The summed E-state index contributed by atoms with van der Waals surface area (Å²) in [6.45, 7) is 0. The molecule has 0 amide bonds. The minimum absolute atomic E-state index is 0.212. The molecule has 0 aliphatic carbocycles. The number of imidazole rings is 1. The molecule has 1 aromatic carbocycles. The summed E-state index contributed by atoms with van der Waals surface area (Å²) < 4.78 is 16.0. The van der Waals surface area contributed by atoms with Crippen molar-refractivity contribution >= 4 is 15.9 Å². The first-order valence-electron chi connectivity index (χ1n) is 5.17. The highest BCUT2D eigenvalue weighted by Gasteiger charge is 2.15. The van der Waals surface area contributed by atoms with E-state index in [1.165, 1.54) is 6.07 Å². The first-order valence-corrected chi connectivity index (χ1v) is 5.96. The van der Waals surface area contributed by atoms with Crippen LogP contribution in [0.3, 0.4) is 0 Å². The van der Waals surface area contributed by atoms with E-state index in [-0.39, 0.29) is 12.2 Å². The zero-order valence-electron chi connectivity index (χ0n) is 9.27. The maximum Gasteiger partial charge on any atom is 0.137 e. The summed E-state index contributed by atoms with van der Waals surface area (Å²) >= 11 is 3.19. The number of hydrogen-bond donors (Lipinski definition) is 1. The van der Waals surface area contributed by atoms with Gasteiger partial charge in [0.15, 0.2) is 0 Å². The molecule has 1 atom stereocenters. The normalized spacial score (nSPS) is 12.7. The molecule has 1 aromatic heterocycles. The minimum atomic E-state index is -0.800. The van der Waals surface area contributed by atoms with Crippen molar-refractivity contribution in [2.45, 2.75) is 12.5 Å². The summed E-state index contributed by atoms with van der Waals surface area (Å²) in [6.07, 6.45) is 2.77. The second kappa shape index (κ2) is 4.98. The zero-order chi connectivity index (χ0) is 12.4. The fraction of sp³-hybridized carbons (Fsp3) is 0.250. The van der Waals surface area contributed by atoms with Crippen LogP contribution in [-0.4, -0.2) is 14.7 Å². The Balaban J connectivity index is 2.19. The molecule has 2 aromatic rings. The lowest BCUT2D eigenvalue weighted by atomic mass is 10.1. The highest BCUT2D eigenvalue weighted by molar-refractivity contribution is 9.10. The topological polar surface area (TPSA) is 38.0 Å². The van der Waals surface area contributed by atoms with Gasteiger partial charge in [0.05, 0.1) is 0 Å². The first kappa shape index (κ1) is 12.3. The quantitative estimate of drug-likeness (QED) is 0.946. The molecule has 5 heteroatoms. The second-order valence-electron chi connectivity index (χ2n) is 3.85. The summed E-state index contributed by atoms with van der Waals surface area (Å²) in [5, 5.41) is 9.98. The van der Waals surface area contributed by atoms with Gasteiger partial charge in [0, 0.05) is 30.3 Å². The van der Waals surface area contributed by atoms with Crippen LogP contribution in [0.4, 0.5) is 4.39 Å². The predicted molar refractivity (Wildman–Crippen MR) is 66.0 cm³/mol. The summed E-state index contributed by atoms with van der Waals surface area (Å²) in [7, 11) is 1.80. The largest absolute Gasteiger partial charge is 0.385 e. The van der Waals surface area contributed by atoms with Crippen molar-refractivity contribution < 1.29 is 9.50 Å². The van der Waals surface area contributed by atoms with Crippen LogP contribution in [0.2, 0.25) is 0 Å². The van der Waals surface area contributed by atoms with Gasteiger partial charge in [-0.3, -0.25) is 0 Å². The van der Waals surface area contributed by atoms with E-state index in [4.69, 9.17) is 0 Å². The lowest BCUT2D eigenvalue weighted by molar-refractivity contribution is 0.164. The molecule has 0 spiro atoms. The number of nitrogens with zero attached hydrogens (tertiary/aromatic N) is 2. The third-order valence-corrected chi connectivity index (χ3v) is 3.08. The lowest BCUT2D eigenvalue weighted by Gasteiger charge is -2.11. The monoisotopic (exact) mass is 298 g/mol. The van der Waals surface area contributed by atoms with Crippen LogP contribution in [0.5, 0.6) is 0 Å². The average Bonchev–Trinajstić information content (AvgIpc) is 2.68. The van der Waals surface area contributed by atoms with E-state index in [2.05, 4.69) is 20.9 Å². The van der Waals surface area contributed by atoms with Crippen LogP contribution in [0.15, 0.2) is 35.1 Å². The maximum absolute atomic E-state index is 13.6. The van der Waals surface area contributed by atoms with E-state index >= 15 is 0 Å². The maximum atomic E-state index is 13.6. The van der Waals surface area contributed by atoms with E-state index < -0.39 is 6.10 Å². The Labute approximate surface area is 107 Å². The van der Waals surface area contributed by atoms with Gasteiger partial charge in [0.25, 0.3) is 0 Å². The Bertz CT molecular complexity index is 527. The molecule has 90 valence electrons. The second-order valence-corrected chi connectivity index (χ2v) is 4.77. The smallest absolute Gasteiger partial charge is 0.137 e. The molecule has 0 bridgehead atoms. The van der Waals surface area contributed by atoms with Gasteiger partial charge in [-0.25, -0.2) is 9.37 Å². The number of aliphatic hydroxyl groups excluding tert-OH is 1. The molecule has 2 rings (SSSR count). The number of aryl methyl sites for hydroxylation is 1. The van der Waals surface area contributed by atoms with Crippen molar-refractivity contribution in [3.05, 3.63) is 52.3 Å². The highest BCUT2D eigenvalue weighted by Crippen LogP contribution is 2.21. The molecule has 1 unspecified atom stereocenters. The Hall–Kier alpha value is -1.20. The zero-order valence-corrected chi connectivity index (χ0v) is 10.9. The fourth-order valence-corrected chi connectivity index (χ4v) is 2.02. The Morgan fingerprint density at radius 1 is 1.53 bits per heavy atom. The Morgan fingerprint density at radius 2 is 2.29 bits per heavy atom. The van der Waals surface area contributed by atoms with E-state index in [0.717, 1.165) is 0 Å². The third kappa shape index (κ3) is 2.73. The molecule has 0 aliphatic heterocycles. The highest BCUT2D eigenvalue weighted by atomic mass is 79.9. The van der Waals surface area contributed by atoms with E-state index in [9.17, 15) is 9.50 Å². The van der Waals surface area contributed by atoms with Gasteiger partial charge in [-0.1, -0.05) is 22.0 Å². The van der Waals surface area contributed by atoms with Crippen molar-refractivity contribution in [1.82, 2.24) is 9.55 Å². The first-order chi connectivity index (χ1) is 8.08. The molecular formula is C12H12BrFN2O. The molecule has 0 aliphatic rings. The SMILES string of the molecule is Cn1ccnc1C(O)Cc1ccc(Br)cc1F. The van der Waals surface area contributed by atoms with Crippen LogP contribution in [0, 0.1) is 5.82 Å². The summed E-state index contributed by atoms with van der Waals surface area (Å²) in [6, 6.07) is 4.80. The lowest BCUT2D eigenvalue weighted by Crippen LogP contribution is -2.09. The van der Waals surface area contributed by atoms with Crippen molar-refractivity contribution in [3.8, 4) is 0 Å². The molecule has 0 saturated heterocycles. The standard InChI is InChI=1S/C12H12BrFN2O/c1-16-5-4-15-12(16)11(17)6-8-2-3-9(13)7-10(8)14/h2-5,7,11,17H,6H2,1H3. The third-order valence-electron chi connectivity index (χ3n) is 2.58. The average molecular weight is 299 g/mol. The molecule has 0 radical (unpaired) electrons. The van der Waals surface area contributed by atoms with Crippen LogP contribution < -0.4 is 0 Å². The van der Waals surface area contributed by atoms with Crippen LogP contribution in [-0.2, 0) is 13.5 Å². The van der Waals surface area contributed by atoms with Gasteiger partial charge in [-0.05, 0) is 17.7 Å². The van der Waals surface area contributed by atoms with Gasteiger partial charge in [0.1, 0.15) is 17.7 Å². The van der Waals surface area contributed by atoms with Crippen molar-refractivity contribution in [1.29, 1.82) is 0 Å².